The molecule has 2 fully saturated rings. The van der Waals surface area contributed by atoms with Crippen LogP contribution in [0.2, 0.25) is 0 Å². The molecule has 2 rings (SSSR count). The average molecular weight is 266 g/mol. The summed E-state index contributed by atoms with van der Waals surface area (Å²) in [5, 5.41) is 0. The van der Waals surface area contributed by atoms with Crippen LogP contribution in [0.15, 0.2) is 0 Å². The van der Waals surface area contributed by atoms with Gasteiger partial charge in [-0.3, -0.25) is 0 Å². The molecule has 0 spiro atoms. The van der Waals surface area contributed by atoms with Crippen LogP contribution >= 0.6 is 0 Å². The third kappa shape index (κ3) is 4.46. The van der Waals surface area contributed by atoms with Gasteiger partial charge in [0.05, 0.1) is 0 Å². The summed E-state index contributed by atoms with van der Waals surface area (Å²) in [7, 11) is 0. The van der Waals surface area contributed by atoms with E-state index in [9.17, 15) is 0 Å². The molecule has 0 aromatic heterocycles. The first kappa shape index (κ1) is 15.3. The molecule has 2 aliphatic rings. The number of hydrogen-bond donors (Lipinski definition) is 1. The fraction of sp³-hybridized carbons (Fsp3) is 1.00. The van der Waals surface area contributed by atoms with E-state index in [0.29, 0.717) is 11.5 Å². The summed E-state index contributed by atoms with van der Waals surface area (Å²) in [6.07, 6.45) is 6.95. The topological polar surface area (TPSA) is 29.3 Å². The van der Waals surface area contributed by atoms with E-state index in [-0.39, 0.29) is 0 Å². The van der Waals surface area contributed by atoms with Gasteiger partial charge in [-0.1, -0.05) is 27.7 Å². The van der Waals surface area contributed by atoms with Crippen molar-refractivity contribution in [1.82, 2.24) is 4.90 Å². The standard InChI is InChI=1S/C17H34N2/c1-13-9-16(18)12-19(10-13)11-14-5-7-15(8-6-14)17(2,3)4/h13-16H,5-12,18H2,1-4H3. The van der Waals surface area contributed by atoms with E-state index < -0.39 is 0 Å². The van der Waals surface area contributed by atoms with Gasteiger partial charge in [-0.25, -0.2) is 0 Å². The summed E-state index contributed by atoms with van der Waals surface area (Å²) in [6.45, 7) is 13.3. The van der Waals surface area contributed by atoms with E-state index in [1.165, 1.54) is 45.2 Å². The Balaban J connectivity index is 1.76. The molecule has 2 N–H and O–H groups in total. The van der Waals surface area contributed by atoms with Gasteiger partial charge in [0.15, 0.2) is 0 Å². The molecule has 1 saturated heterocycles. The predicted molar refractivity (Wildman–Crippen MR) is 83.1 cm³/mol. The molecule has 0 bridgehead atoms. The molecule has 2 atom stereocenters. The quantitative estimate of drug-likeness (QED) is 0.829. The third-order valence-electron chi connectivity index (χ3n) is 5.36. The van der Waals surface area contributed by atoms with E-state index in [4.69, 9.17) is 5.73 Å². The van der Waals surface area contributed by atoms with Crippen LogP contribution in [0, 0.1) is 23.2 Å². The smallest absolute Gasteiger partial charge is 0.0170 e. The highest BCUT2D eigenvalue weighted by Crippen LogP contribution is 2.40. The van der Waals surface area contributed by atoms with Crippen molar-refractivity contribution in [3.05, 3.63) is 0 Å². The summed E-state index contributed by atoms with van der Waals surface area (Å²) in [5.41, 5.74) is 6.67. The Morgan fingerprint density at radius 3 is 2.21 bits per heavy atom. The molecule has 0 amide bonds. The van der Waals surface area contributed by atoms with Crippen molar-refractivity contribution >= 4 is 0 Å². The highest BCUT2D eigenvalue weighted by molar-refractivity contribution is 4.84. The van der Waals surface area contributed by atoms with Gasteiger partial charge in [0.1, 0.15) is 0 Å². The van der Waals surface area contributed by atoms with Crippen LogP contribution in [0.5, 0.6) is 0 Å². The van der Waals surface area contributed by atoms with E-state index in [2.05, 4.69) is 32.6 Å². The molecule has 19 heavy (non-hydrogen) atoms. The minimum atomic E-state index is 0.412. The Kier molecular flexibility index (Phi) is 4.94. The monoisotopic (exact) mass is 266 g/mol. The van der Waals surface area contributed by atoms with Gasteiger partial charge >= 0.3 is 0 Å². The molecule has 0 aromatic carbocycles. The molecule has 1 heterocycles. The van der Waals surface area contributed by atoms with Gasteiger partial charge in [0, 0.05) is 25.7 Å². The first-order chi connectivity index (χ1) is 8.84. The molecular formula is C17H34N2. The lowest BCUT2D eigenvalue weighted by molar-refractivity contribution is 0.0992. The highest BCUT2D eigenvalue weighted by Gasteiger charge is 2.31. The van der Waals surface area contributed by atoms with Gasteiger partial charge in [0.2, 0.25) is 0 Å². The summed E-state index contributed by atoms with van der Waals surface area (Å²) >= 11 is 0. The lowest BCUT2D eigenvalue weighted by Crippen LogP contribution is -2.48. The van der Waals surface area contributed by atoms with Crippen LogP contribution in [0.1, 0.15) is 59.8 Å². The van der Waals surface area contributed by atoms with E-state index in [0.717, 1.165) is 24.3 Å². The van der Waals surface area contributed by atoms with Crippen LogP contribution in [0.25, 0.3) is 0 Å². The molecule has 0 aromatic rings. The van der Waals surface area contributed by atoms with Crippen molar-refractivity contribution in [1.29, 1.82) is 0 Å². The van der Waals surface area contributed by atoms with Crippen molar-refractivity contribution in [2.24, 2.45) is 28.9 Å². The molecule has 2 nitrogen and oxygen atoms in total. The molecule has 1 aliphatic heterocycles. The van der Waals surface area contributed by atoms with Gasteiger partial charge in [-0.2, -0.15) is 0 Å². The normalized spacial score (nSPS) is 38.4. The van der Waals surface area contributed by atoms with Crippen molar-refractivity contribution < 1.29 is 0 Å². The van der Waals surface area contributed by atoms with Crippen molar-refractivity contribution in [2.45, 2.75) is 65.8 Å². The fourth-order valence-electron chi connectivity index (χ4n) is 4.24. The summed E-state index contributed by atoms with van der Waals surface area (Å²) < 4.78 is 0. The average Bonchev–Trinajstić information content (AvgIpc) is 2.26. The van der Waals surface area contributed by atoms with Gasteiger partial charge in [0.25, 0.3) is 0 Å². The largest absolute Gasteiger partial charge is 0.327 e. The maximum absolute atomic E-state index is 6.16. The second-order valence-corrected chi connectivity index (χ2v) is 8.40. The highest BCUT2D eigenvalue weighted by atomic mass is 15.1. The Labute approximate surface area is 120 Å². The Morgan fingerprint density at radius 2 is 1.68 bits per heavy atom. The lowest BCUT2D eigenvalue weighted by atomic mass is 9.70. The Hall–Kier alpha value is -0.0800. The van der Waals surface area contributed by atoms with Crippen LogP contribution < -0.4 is 5.73 Å². The van der Waals surface area contributed by atoms with Crippen LogP contribution in [0.3, 0.4) is 0 Å². The second-order valence-electron chi connectivity index (χ2n) is 8.40. The Bertz CT molecular complexity index is 263. The van der Waals surface area contributed by atoms with Crippen LogP contribution in [0.4, 0.5) is 0 Å². The van der Waals surface area contributed by atoms with Gasteiger partial charge in [-0.15, -0.1) is 0 Å². The fourth-order valence-corrected chi connectivity index (χ4v) is 4.24. The van der Waals surface area contributed by atoms with Crippen molar-refractivity contribution in [2.75, 3.05) is 19.6 Å². The molecule has 1 saturated carbocycles. The van der Waals surface area contributed by atoms with Gasteiger partial charge in [-0.05, 0) is 55.3 Å². The lowest BCUT2D eigenvalue weighted by Gasteiger charge is -2.41. The zero-order chi connectivity index (χ0) is 14.0. The molecule has 112 valence electrons. The molecule has 1 aliphatic carbocycles. The van der Waals surface area contributed by atoms with E-state index >= 15 is 0 Å². The predicted octanol–water partition coefficient (Wildman–Crippen LogP) is 3.51. The van der Waals surface area contributed by atoms with Gasteiger partial charge < -0.3 is 10.6 Å². The van der Waals surface area contributed by atoms with E-state index in [1.807, 2.05) is 0 Å². The minimum Gasteiger partial charge on any atom is -0.327 e. The number of likely N-dealkylation sites (tertiary alicyclic amines) is 1. The Morgan fingerprint density at radius 1 is 1.05 bits per heavy atom. The number of rotatable bonds is 2. The van der Waals surface area contributed by atoms with Crippen molar-refractivity contribution in [3.8, 4) is 0 Å². The molecule has 2 unspecified atom stereocenters. The SMILES string of the molecule is CC1CC(N)CN(CC2CCC(C(C)(C)C)CC2)C1. The maximum atomic E-state index is 6.16. The number of piperidine rings is 1. The zero-order valence-electron chi connectivity index (χ0n) is 13.5. The molecule has 2 heteroatoms. The van der Waals surface area contributed by atoms with Crippen LogP contribution in [-0.2, 0) is 0 Å². The molecular weight excluding hydrogens is 232 g/mol. The maximum Gasteiger partial charge on any atom is 0.0170 e. The minimum absolute atomic E-state index is 0.412. The summed E-state index contributed by atoms with van der Waals surface area (Å²) in [6, 6.07) is 0.412. The summed E-state index contributed by atoms with van der Waals surface area (Å²) in [4.78, 5) is 2.64. The zero-order valence-corrected chi connectivity index (χ0v) is 13.5. The van der Waals surface area contributed by atoms with E-state index in [1.54, 1.807) is 0 Å². The second kappa shape index (κ2) is 6.13. The summed E-state index contributed by atoms with van der Waals surface area (Å²) in [5.74, 6) is 2.65. The first-order valence-corrected chi connectivity index (χ1v) is 8.32. The molecule has 0 radical (unpaired) electrons. The number of nitrogens with zero attached hydrogens (tertiary/aromatic N) is 1. The number of nitrogens with two attached hydrogens (primary N) is 1. The van der Waals surface area contributed by atoms with Crippen LogP contribution in [-0.4, -0.2) is 30.6 Å². The number of hydrogen-bond acceptors (Lipinski definition) is 2. The third-order valence-corrected chi connectivity index (χ3v) is 5.36. The first-order valence-electron chi connectivity index (χ1n) is 8.32. The van der Waals surface area contributed by atoms with Crippen molar-refractivity contribution in [3.63, 3.8) is 0 Å².